The zero-order chi connectivity index (χ0) is 15.2. The Labute approximate surface area is 135 Å². The normalized spacial score (nSPS) is 27.0. The van der Waals surface area contributed by atoms with Gasteiger partial charge in [-0.15, -0.1) is 0 Å². The van der Waals surface area contributed by atoms with Crippen LogP contribution in [-0.4, -0.2) is 9.46 Å². The molecule has 1 aliphatic carbocycles. The average Bonchev–Trinajstić information content (AvgIpc) is 2.50. The Morgan fingerprint density at radius 1 is 1.38 bits per heavy atom. The van der Waals surface area contributed by atoms with Gasteiger partial charge in [0.2, 0.25) is 0 Å². The van der Waals surface area contributed by atoms with Gasteiger partial charge in [0.1, 0.15) is 0 Å². The molecule has 1 fully saturated rings. The maximum Gasteiger partial charge on any atom is 0.0668 e. The fraction of sp³-hybridized carbons (Fsp3) is 0.588. The van der Waals surface area contributed by atoms with Crippen molar-refractivity contribution in [3.05, 3.63) is 34.9 Å². The smallest absolute Gasteiger partial charge is 0.0668 e. The molecule has 0 N–H and O–H groups in total. The van der Waals surface area contributed by atoms with Gasteiger partial charge in [0.25, 0.3) is 0 Å². The van der Waals surface area contributed by atoms with E-state index in [9.17, 15) is 9.47 Å². The maximum atomic E-state index is 12.7. The molecule has 0 amide bonds. The van der Waals surface area contributed by atoms with Gasteiger partial charge in [0, 0.05) is 15.8 Å². The van der Waals surface area contributed by atoms with Gasteiger partial charge < -0.3 is 0 Å². The van der Waals surface area contributed by atoms with Gasteiger partial charge in [-0.05, 0) is 36.8 Å². The fourth-order valence-corrected chi connectivity index (χ4v) is 5.30. The Morgan fingerprint density at radius 3 is 2.81 bits per heavy atom. The van der Waals surface area contributed by atoms with Gasteiger partial charge in [-0.2, -0.15) is 5.26 Å². The number of hydrogen-bond acceptors (Lipinski definition) is 2. The number of hydrogen-bond donors (Lipinski definition) is 0. The van der Waals surface area contributed by atoms with Crippen LogP contribution in [0.25, 0.3) is 0 Å². The third-order valence-electron chi connectivity index (χ3n) is 4.36. The van der Waals surface area contributed by atoms with E-state index in [2.05, 4.69) is 13.0 Å². The van der Waals surface area contributed by atoms with Crippen molar-refractivity contribution in [3.63, 3.8) is 0 Å². The van der Waals surface area contributed by atoms with E-state index < -0.39 is 10.8 Å². The predicted octanol–water partition coefficient (Wildman–Crippen LogP) is 4.70. The van der Waals surface area contributed by atoms with Gasteiger partial charge in [0.15, 0.2) is 0 Å². The SMILES string of the molecule is CCCC1CCC(C#N)C(S(=O)Cc2ccccc2Cl)C1. The third kappa shape index (κ3) is 4.31. The molecule has 0 saturated heterocycles. The summed E-state index contributed by atoms with van der Waals surface area (Å²) in [5.41, 5.74) is 0.923. The van der Waals surface area contributed by atoms with E-state index in [1.807, 2.05) is 24.3 Å². The van der Waals surface area contributed by atoms with Crippen LogP contribution in [0, 0.1) is 23.2 Å². The van der Waals surface area contributed by atoms with Crippen LogP contribution >= 0.6 is 11.6 Å². The summed E-state index contributed by atoms with van der Waals surface area (Å²) in [6.07, 6.45) is 5.25. The molecule has 0 spiro atoms. The van der Waals surface area contributed by atoms with Gasteiger partial charge in [-0.1, -0.05) is 49.6 Å². The summed E-state index contributed by atoms with van der Waals surface area (Å²) in [5.74, 6) is 1.02. The lowest BCUT2D eigenvalue weighted by atomic mass is 9.80. The summed E-state index contributed by atoms with van der Waals surface area (Å²) in [6.45, 7) is 2.19. The first-order valence-corrected chi connectivity index (χ1v) is 9.41. The summed E-state index contributed by atoms with van der Waals surface area (Å²) in [7, 11) is -1.03. The van der Waals surface area contributed by atoms with E-state index in [0.29, 0.717) is 16.7 Å². The van der Waals surface area contributed by atoms with Crippen molar-refractivity contribution >= 4 is 22.4 Å². The minimum Gasteiger partial charge on any atom is -0.259 e. The van der Waals surface area contributed by atoms with E-state index in [1.165, 1.54) is 6.42 Å². The van der Waals surface area contributed by atoms with Crippen molar-refractivity contribution in [1.29, 1.82) is 5.26 Å². The van der Waals surface area contributed by atoms with E-state index in [0.717, 1.165) is 31.2 Å². The second kappa shape index (κ2) is 7.96. The number of rotatable bonds is 5. The summed E-state index contributed by atoms with van der Waals surface area (Å²) < 4.78 is 12.7. The molecule has 114 valence electrons. The monoisotopic (exact) mass is 323 g/mol. The molecule has 0 bridgehead atoms. The summed E-state index contributed by atoms with van der Waals surface area (Å²) in [4.78, 5) is 0. The van der Waals surface area contributed by atoms with Crippen molar-refractivity contribution in [3.8, 4) is 6.07 Å². The topological polar surface area (TPSA) is 40.9 Å². The quantitative estimate of drug-likeness (QED) is 0.788. The zero-order valence-electron chi connectivity index (χ0n) is 12.4. The Balaban J connectivity index is 2.08. The minimum absolute atomic E-state index is 0.00317. The van der Waals surface area contributed by atoms with Crippen LogP contribution in [0.5, 0.6) is 0 Å². The molecule has 2 rings (SSSR count). The van der Waals surface area contributed by atoms with Crippen molar-refractivity contribution in [2.45, 2.75) is 50.0 Å². The standard InChI is InChI=1S/C17H22ClNOS/c1-2-5-13-8-9-14(11-19)17(10-13)21(20)12-15-6-3-4-7-16(15)18/h3-4,6-7,13-14,17H,2,5,8-10,12H2,1H3. The molecule has 0 aliphatic heterocycles. The van der Waals surface area contributed by atoms with Crippen LogP contribution < -0.4 is 0 Å². The first kappa shape index (κ1) is 16.5. The number of nitrogens with zero attached hydrogens (tertiary/aromatic N) is 1. The molecule has 0 aromatic heterocycles. The molecule has 0 heterocycles. The Bertz CT molecular complexity index is 540. The van der Waals surface area contributed by atoms with Crippen LogP contribution in [-0.2, 0) is 16.6 Å². The predicted molar refractivity (Wildman–Crippen MR) is 88.4 cm³/mol. The van der Waals surface area contributed by atoms with Crippen molar-refractivity contribution < 1.29 is 4.21 Å². The lowest BCUT2D eigenvalue weighted by Gasteiger charge is -2.32. The number of nitriles is 1. The zero-order valence-corrected chi connectivity index (χ0v) is 14.0. The number of halogens is 1. The van der Waals surface area contributed by atoms with Crippen molar-refractivity contribution in [2.75, 3.05) is 0 Å². The second-order valence-corrected chi connectivity index (χ2v) is 7.92. The minimum atomic E-state index is -1.03. The molecular weight excluding hydrogens is 302 g/mol. The molecular formula is C17H22ClNOS. The maximum absolute atomic E-state index is 12.7. The second-order valence-electron chi connectivity index (χ2n) is 5.86. The molecule has 2 nitrogen and oxygen atoms in total. The van der Waals surface area contributed by atoms with E-state index in [-0.39, 0.29) is 11.2 Å². The molecule has 0 radical (unpaired) electrons. The largest absolute Gasteiger partial charge is 0.259 e. The highest BCUT2D eigenvalue weighted by molar-refractivity contribution is 7.84. The first-order chi connectivity index (χ1) is 10.2. The van der Waals surface area contributed by atoms with Gasteiger partial charge in [-0.25, -0.2) is 0 Å². The van der Waals surface area contributed by atoms with E-state index >= 15 is 0 Å². The highest BCUT2D eigenvalue weighted by atomic mass is 35.5. The Kier molecular flexibility index (Phi) is 6.26. The van der Waals surface area contributed by atoms with E-state index in [4.69, 9.17) is 11.6 Å². The lowest BCUT2D eigenvalue weighted by Crippen LogP contribution is -2.33. The summed E-state index contributed by atoms with van der Waals surface area (Å²) in [6, 6.07) is 9.92. The number of benzene rings is 1. The summed E-state index contributed by atoms with van der Waals surface area (Å²) in [5, 5.41) is 10.0. The molecule has 1 aromatic carbocycles. The molecule has 4 atom stereocenters. The molecule has 1 saturated carbocycles. The van der Waals surface area contributed by atoms with Crippen LogP contribution in [0.3, 0.4) is 0 Å². The van der Waals surface area contributed by atoms with Crippen LogP contribution in [0.4, 0.5) is 0 Å². The first-order valence-electron chi connectivity index (χ1n) is 7.65. The molecule has 21 heavy (non-hydrogen) atoms. The van der Waals surface area contributed by atoms with Gasteiger partial charge in [-0.3, -0.25) is 4.21 Å². The molecule has 4 unspecified atom stereocenters. The molecule has 1 aliphatic rings. The third-order valence-corrected chi connectivity index (χ3v) is 6.52. The van der Waals surface area contributed by atoms with Crippen LogP contribution in [0.1, 0.15) is 44.6 Å². The van der Waals surface area contributed by atoms with Crippen LogP contribution in [0.2, 0.25) is 5.02 Å². The molecule has 4 heteroatoms. The molecule has 1 aromatic rings. The average molecular weight is 324 g/mol. The van der Waals surface area contributed by atoms with Gasteiger partial charge in [0.05, 0.1) is 23.0 Å². The summed E-state index contributed by atoms with van der Waals surface area (Å²) >= 11 is 6.16. The van der Waals surface area contributed by atoms with E-state index in [1.54, 1.807) is 0 Å². The van der Waals surface area contributed by atoms with Gasteiger partial charge >= 0.3 is 0 Å². The van der Waals surface area contributed by atoms with Crippen molar-refractivity contribution in [2.24, 2.45) is 11.8 Å². The highest BCUT2D eigenvalue weighted by Crippen LogP contribution is 2.35. The Morgan fingerprint density at radius 2 is 2.14 bits per heavy atom. The van der Waals surface area contributed by atoms with Crippen molar-refractivity contribution in [1.82, 2.24) is 0 Å². The Hall–Kier alpha value is -0.850. The van der Waals surface area contributed by atoms with Crippen LogP contribution in [0.15, 0.2) is 24.3 Å². The lowest BCUT2D eigenvalue weighted by molar-refractivity contribution is 0.303. The highest BCUT2D eigenvalue weighted by Gasteiger charge is 2.34. The fourth-order valence-electron chi connectivity index (χ4n) is 3.20.